The predicted molar refractivity (Wildman–Crippen MR) is 135 cm³/mol. The molecule has 1 unspecified atom stereocenters. The minimum absolute atomic E-state index is 0.213. The third kappa shape index (κ3) is 4.43. The summed E-state index contributed by atoms with van der Waals surface area (Å²) in [6.07, 6.45) is 4.85. The Bertz CT molecular complexity index is 1220. The van der Waals surface area contributed by atoms with Gasteiger partial charge in [-0.1, -0.05) is 47.1 Å². The zero-order valence-corrected chi connectivity index (χ0v) is 20.6. The smallest absolute Gasteiger partial charge is 0.263 e. The van der Waals surface area contributed by atoms with E-state index < -0.39 is 0 Å². The molecule has 0 saturated carbocycles. The number of fused-ring (bicyclic) bond motifs is 2. The fourth-order valence-electron chi connectivity index (χ4n) is 4.31. The zero-order valence-electron chi connectivity index (χ0n) is 18.3. The Balaban J connectivity index is 1.35. The van der Waals surface area contributed by atoms with Crippen LogP contribution in [0.2, 0.25) is 10.0 Å². The molecular formula is C24H23Cl2N5OS. The fourth-order valence-corrected chi connectivity index (χ4v) is 5.86. The van der Waals surface area contributed by atoms with Crippen molar-refractivity contribution in [2.24, 2.45) is 0 Å². The van der Waals surface area contributed by atoms with Crippen LogP contribution in [0.3, 0.4) is 0 Å². The number of nitrogens with zero attached hydrogens (tertiary/aromatic N) is 4. The number of hydrogen-bond donors (Lipinski definition) is 1. The molecule has 0 radical (unpaired) electrons. The van der Waals surface area contributed by atoms with Crippen LogP contribution in [-0.2, 0) is 12.8 Å². The highest BCUT2D eigenvalue weighted by Gasteiger charge is 2.30. The Hall–Kier alpha value is -2.32. The van der Waals surface area contributed by atoms with Gasteiger partial charge in [-0.2, -0.15) is 0 Å². The standard InChI is InChI=1S/C24H23Cl2N5OS/c1-30(2)17-9-7-14-10-16(8-6-15(14)11-17)28-24-27-12-18-22(29-24)33-13-31(23(18)32)21-19(25)4-3-5-20(21)26/h3-6,8,10,12,17H,7,9,11,13H2,1-2H3,(H,27,28,29). The first kappa shape index (κ1) is 22.5. The molecule has 1 amide bonds. The number of aromatic nitrogens is 2. The normalized spacial score (nSPS) is 17.7. The molecule has 0 bridgehead atoms. The largest absolute Gasteiger partial charge is 0.324 e. The van der Waals surface area contributed by atoms with Gasteiger partial charge in [0.05, 0.1) is 27.2 Å². The monoisotopic (exact) mass is 499 g/mol. The lowest BCUT2D eigenvalue weighted by Gasteiger charge is -2.30. The summed E-state index contributed by atoms with van der Waals surface area (Å²) in [7, 11) is 4.29. The summed E-state index contributed by atoms with van der Waals surface area (Å²) in [4.78, 5) is 26.0. The Kier molecular flexibility index (Phi) is 6.22. The Morgan fingerprint density at radius 2 is 1.94 bits per heavy atom. The third-order valence-electron chi connectivity index (χ3n) is 6.16. The summed E-state index contributed by atoms with van der Waals surface area (Å²) in [5, 5.41) is 4.81. The maximum atomic E-state index is 13.1. The lowest BCUT2D eigenvalue weighted by atomic mass is 9.87. The zero-order chi connectivity index (χ0) is 23.1. The van der Waals surface area contributed by atoms with Crippen molar-refractivity contribution in [1.29, 1.82) is 0 Å². The molecule has 3 aromatic rings. The van der Waals surface area contributed by atoms with Crippen LogP contribution in [0.4, 0.5) is 17.3 Å². The van der Waals surface area contributed by atoms with Crippen molar-refractivity contribution >= 4 is 58.2 Å². The number of aryl methyl sites for hydroxylation is 1. The first-order chi connectivity index (χ1) is 15.9. The highest BCUT2D eigenvalue weighted by atomic mass is 35.5. The van der Waals surface area contributed by atoms with Crippen LogP contribution in [0.15, 0.2) is 47.6 Å². The molecule has 0 saturated heterocycles. The average molecular weight is 500 g/mol. The van der Waals surface area contributed by atoms with Crippen molar-refractivity contribution in [1.82, 2.24) is 14.9 Å². The molecule has 33 heavy (non-hydrogen) atoms. The second kappa shape index (κ2) is 9.14. The van der Waals surface area contributed by atoms with Gasteiger partial charge in [-0.15, -0.1) is 0 Å². The molecule has 1 aromatic heterocycles. The molecule has 9 heteroatoms. The number of benzene rings is 2. The summed E-state index contributed by atoms with van der Waals surface area (Å²) in [6.45, 7) is 0. The second-order valence-electron chi connectivity index (χ2n) is 8.46. The second-order valence-corrected chi connectivity index (χ2v) is 10.2. The molecule has 1 aliphatic carbocycles. The van der Waals surface area contributed by atoms with Crippen molar-refractivity contribution in [2.75, 3.05) is 30.2 Å². The van der Waals surface area contributed by atoms with Crippen LogP contribution in [0, 0.1) is 0 Å². The number of nitrogens with one attached hydrogen (secondary N) is 1. The van der Waals surface area contributed by atoms with E-state index in [0.717, 1.165) is 24.9 Å². The molecule has 5 rings (SSSR count). The van der Waals surface area contributed by atoms with E-state index in [9.17, 15) is 4.79 Å². The molecule has 0 fully saturated rings. The van der Waals surface area contributed by atoms with Gasteiger partial charge in [0, 0.05) is 17.9 Å². The summed E-state index contributed by atoms with van der Waals surface area (Å²) >= 11 is 14.1. The van der Waals surface area contributed by atoms with Crippen molar-refractivity contribution in [3.8, 4) is 0 Å². The van der Waals surface area contributed by atoms with Gasteiger partial charge in [0.1, 0.15) is 5.03 Å². The van der Waals surface area contributed by atoms with Crippen LogP contribution in [0.1, 0.15) is 27.9 Å². The van der Waals surface area contributed by atoms with Gasteiger partial charge >= 0.3 is 0 Å². The summed E-state index contributed by atoms with van der Waals surface area (Å²) in [5.41, 5.74) is 4.67. The van der Waals surface area contributed by atoms with Crippen LogP contribution >= 0.6 is 35.0 Å². The molecule has 170 valence electrons. The number of likely N-dealkylation sites (N-methyl/N-ethyl adjacent to an activating group) is 1. The van der Waals surface area contributed by atoms with Gasteiger partial charge in [-0.05, 0) is 68.8 Å². The van der Waals surface area contributed by atoms with Crippen molar-refractivity contribution in [3.05, 3.63) is 69.3 Å². The van der Waals surface area contributed by atoms with E-state index in [1.165, 1.54) is 22.9 Å². The van der Waals surface area contributed by atoms with Crippen LogP contribution in [-0.4, -0.2) is 46.8 Å². The lowest BCUT2D eigenvalue weighted by molar-refractivity contribution is 0.0985. The number of amides is 1. The first-order valence-electron chi connectivity index (χ1n) is 10.7. The molecule has 2 aliphatic rings. The number of rotatable bonds is 4. The Morgan fingerprint density at radius 1 is 1.15 bits per heavy atom. The van der Waals surface area contributed by atoms with Gasteiger partial charge in [0.15, 0.2) is 0 Å². The van der Waals surface area contributed by atoms with Crippen LogP contribution in [0.25, 0.3) is 0 Å². The summed E-state index contributed by atoms with van der Waals surface area (Å²) in [6, 6.07) is 12.2. The minimum atomic E-state index is -0.213. The van der Waals surface area contributed by atoms with Crippen LogP contribution in [0.5, 0.6) is 0 Å². The topological polar surface area (TPSA) is 61.4 Å². The van der Waals surface area contributed by atoms with E-state index in [1.54, 1.807) is 29.3 Å². The van der Waals surface area contributed by atoms with Gasteiger partial charge < -0.3 is 10.2 Å². The van der Waals surface area contributed by atoms with E-state index in [1.807, 2.05) is 0 Å². The predicted octanol–water partition coefficient (Wildman–Crippen LogP) is 5.66. The number of para-hydroxylation sites is 1. The summed E-state index contributed by atoms with van der Waals surface area (Å²) in [5.74, 6) is 0.632. The van der Waals surface area contributed by atoms with E-state index in [2.05, 4.69) is 52.5 Å². The Labute approximate surface area is 207 Å². The highest BCUT2D eigenvalue weighted by molar-refractivity contribution is 7.99. The van der Waals surface area contributed by atoms with Gasteiger partial charge in [0.2, 0.25) is 5.95 Å². The molecule has 0 spiro atoms. The first-order valence-corrected chi connectivity index (χ1v) is 12.5. The number of carbonyl (C=O) groups is 1. The van der Waals surface area contributed by atoms with E-state index >= 15 is 0 Å². The molecule has 2 aromatic carbocycles. The number of thioether (sulfide) groups is 1. The average Bonchev–Trinajstić information content (AvgIpc) is 2.80. The van der Waals surface area contributed by atoms with E-state index in [-0.39, 0.29) is 5.91 Å². The third-order valence-corrected chi connectivity index (χ3v) is 7.74. The van der Waals surface area contributed by atoms with E-state index in [0.29, 0.717) is 44.2 Å². The quantitative estimate of drug-likeness (QED) is 0.467. The lowest BCUT2D eigenvalue weighted by Crippen LogP contribution is -2.35. The van der Waals surface area contributed by atoms with E-state index in [4.69, 9.17) is 23.2 Å². The van der Waals surface area contributed by atoms with Gasteiger partial charge in [-0.3, -0.25) is 9.69 Å². The number of carbonyl (C=O) groups excluding carboxylic acids is 1. The molecule has 1 aliphatic heterocycles. The minimum Gasteiger partial charge on any atom is -0.324 e. The summed E-state index contributed by atoms with van der Waals surface area (Å²) < 4.78 is 0. The van der Waals surface area contributed by atoms with Crippen molar-refractivity contribution in [3.63, 3.8) is 0 Å². The number of hydrogen-bond acceptors (Lipinski definition) is 6. The van der Waals surface area contributed by atoms with Crippen molar-refractivity contribution < 1.29 is 4.79 Å². The fraction of sp³-hybridized carbons (Fsp3) is 0.292. The van der Waals surface area contributed by atoms with Crippen LogP contribution < -0.4 is 10.2 Å². The van der Waals surface area contributed by atoms with Gasteiger partial charge in [0.25, 0.3) is 5.91 Å². The molecule has 2 heterocycles. The van der Waals surface area contributed by atoms with Gasteiger partial charge in [-0.25, -0.2) is 9.97 Å². The highest BCUT2D eigenvalue weighted by Crippen LogP contribution is 2.39. The number of anilines is 3. The molecule has 1 atom stereocenters. The molecular weight excluding hydrogens is 477 g/mol. The maximum Gasteiger partial charge on any atom is 0.263 e. The van der Waals surface area contributed by atoms with Crippen molar-refractivity contribution in [2.45, 2.75) is 30.3 Å². The number of halogens is 2. The molecule has 1 N–H and O–H groups in total. The molecule has 6 nitrogen and oxygen atoms in total. The maximum absolute atomic E-state index is 13.1. The Morgan fingerprint density at radius 3 is 2.70 bits per heavy atom. The SMILES string of the molecule is CN(C)C1CCc2cc(Nc3ncc4c(n3)SCN(c3c(Cl)cccc3Cl)C4=O)ccc2C1.